The molecule has 0 saturated heterocycles. The molecule has 0 fully saturated rings. The molecule has 0 aromatic carbocycles. The van der Waals surface area contributed by atoms with E-state index in [9.17, 15) is 9.59 Å². The van der Waals surface area contributed by atoms with E-state index in [-0.39, 0.29) is 39.1 Å². The number of carbonyl (C=O) groups is 2. The second kappa shape index (κ2) is 18.4. The number of unbranched alkanes of at least 4 members (excludes halogenated alkanes) is 8. The van der Waals surface area contributed by atoms with E-state index in [0.29, 0.717) is 6.42 Å². The molecule has 0 amide bonds. The average molecular weight is 466 g/mol. The first-order valence-electron chi connectivity index (χ1n) is 9.78. The first kappa shape index (κ1) is 28.3. The van der Waals surface area contributed by atoms with E-state index >= 15 is 0 Å². The van der Waals surface area contributed by atoms with Crippen molar-refractivity contribution in [2.24, 2.45) is 5.41 Å². The maximum atomic E-state index is 12.5. The quantitative estimate of drug-likeness (QED) is 0.0722. The van der Waals surface area contributed by atoms with Gasteiger partial charge in [-0.15, -0.1) is 13.2 Å². The number of carbonyl (C=O) groups excluding carboxylic acids is 2. The molecule has 5 heteroatoms. The van der Waals surface area contributed by atoms with Crippen molar-refractivity contribution in [3.8, 4) is 0 Å². The van der Waals surface area contributed by atoms with Crippen LogP contribution in [0, 0.1) is 18.3 Å². The van der Waals surface area contributed by atoms with Crippen LogP contribution in [0.15, 0.2) is 25.3 Å². The van der Waals surface area contributed by atoms with E-state index in [4.69, 9.17) is 9.47 Å². The minimum Gasteiger partial charge on any atom is -0.465 e. The van der Waals surface area contributed by atoms with Crippen LogP contribution in [0.1, 0.15) is 71.6 Å². The molecule has 4 nitrogen and oxygen atoms in total. The number of hydrogen-bond donors (Lipinski definition) is 0. The van der Waals surface area contributed by atoms with Gasteiger partial charge in [-0.1, -0.05) is 31.4 Å². The number of ether oxygens (including phenoxy) is 2. The standard InChI is InChI=1S/C22H36O4.Ru/c1-5-9-10-11-12-13-14-15-16-17-19-22(18-6-2,20(23)25-7-3)21(24)26-8-4;/h5-6,15,17H,1-2,7-14,16,18-19H2,3-4H3;/q-2;+2. The molecule has 0 aromatic heterocycles. The molecule has 0 aliphatic carbocycles. The second-order valence-electron chi connectivity index (χ2n) is 6.31. The molecule has 0 aromatic rings. The zero-order chi connectivity index (χ0) is 19.7. The van der Waals surface area contributed by atoms with E-state index in [2.05, 4.69) is 19.6 Å². The summed E-state index contributed by atoms with van der Waals surface area (Å²) in [6, 6.07) is 0. The molecule has 0 unspecified atom stereocenters. The van der Waals surface area contributed by atoms with E-state index < -0.39 is 17.4 Å². The van der Waals surface area contributed by atoms with Crippen molar-refractivity contribution in [1.82, 2.24) is 0 Å². The molecule has 0 aliphatic rings. The molecule has 0 aliphatic heterocycles. The van der Waals surface area contributed by atoms with Crippen molar-refractivity contribution >= 4 is 11.9 Å². The van der Waals surface area contributed by atoms with Gasteiger partial charge in [-0.3, -0.25) is 9.59 Å². The van der Waals surface area contributed by atoms with Gasteiger partial charge in [0.2, 0.25) is 0 Å². The molecule has 0 heterocycles. The van der Waals surface area contributed by atoms with Crippen molar-refractivity contribution in [3.63, 3.8) is 0 Å². The van der Waals surface area contributed by atoms with Crippen molar-refractivity contribution in [2.45, 2.75) is 71.6 Å². The van der Waals surface area contributed by atoms with E-state index in [1.807, 2.05) is 12.5 Å². The summed E-state index contributed by atoms with van der Waals surface area (Å²) in [5.74, 6) is -1.06. The SMILES string of the molecule is C=CCCCCCC[CH-]C[CH-]CC(CC=C)(C(=O)OCC)C(=O)OCC.[Ru+2]. The maximum absolute atomic E-state index is 12.5. The van der Waals surface area contributed by atoms with Gasteiger partial charge in [0, 0.05) is 0 Å². The van der Waals surface area contributed by atoms with Gasteiger partial charge in [-0.2, -0.15) is 12.8 Å². The van der Waals surface area contributed by atoms with E-state index in [1.54, 1.807) is 19.9 Å². The fourth-order valence-electron chi connectivity index (χ4n) is 2.78. The molecule has 0 bridgehead atoms. The van der Waals surface area contributed by atoms with Crippen LogP contribution in [0.4, 0.5) is 0 Å². The third kappa shape index (κ3) is 11.5. The van der Waals surface area contributed by atoms with Crippen LogP contribution < -0.4 is 0 Å². The Balaban J connectivity index is 0. The van der Waals surface area contributed by atoms with Gasteiger partial charge >= 0.3 is 31.4 Å². The molecule has 0 saturated carbocycles. The van der Waals surface area contributed by atoms with Gasteiger partial charge in [0.1, 0.15) is 5.41 Å². The molecule has 0 rings (SSSR count). The summed E-state index contributed by atoms with van der Waals surface area (Å²) >= 11 is 0. The molecule has 0 spiro atoms. The van der Waals surface area contributed by atoms with Gasteiger partial charge in [0.05, 0.1) is 13.2 Å². The fourth-order valence-corrected chi connectivity index (χ4v) is 2.78. The van der Waals surface area contributed by atoms with E-state index in [1.165, 1.54) is 25.7 Å². The Morgan fingerprint density at radius 3 is 2.04 bits per heavy atom. The smallest absolute Gasteiger partial charge is 0.465 e. The molecule has 156 valence electrons. The monoisotopic (exact) mass is 466 g/mol. The zero-order valence-corrected chi connectivity index (χ0v) is 18.7. The summed E-state index contributed by atoms with van der Waals surface area (Å²) in [4.78, 5) is 24.9. The number of allylic oxidation sites excluding steroid dienone is 2. The maximum Gasteiger partial charge on any atom is 2.00 e. The van der Waals surface area contributed by atoms with Gasteiger partial charge < -0.3 is 28.7 Å². The van der Waals surface area contributed by atoms with Gasteiger partial charge in [0.15, 0.2) is 0 Å². The molecule has 0 atom stereocenters. The van der Waals surface area contributed by atoms with Crippen LogP contribution in [0.2, 0.25) is 0 Å². The van der Waals surface area contributed by atoms with Crippen molar-refractivity contribution in [2.75, 3.05) is 13.2 Å². The predicted molar refractivity (Wildman–Crippen MR) is 106 cm³/mol. The average Bonchev–Trinajstić information content (AvgIpc) is 2.62. The Labute approximate surface area is 178 Å². The number of rotatable bonds is 17. The van der Waals surface area contributed by atoms with Crippen LogP contribution in [0.25, 0.3) is 0 Å². The van der Waals surface area contributed by atoms with Crippen LogP contribution in [0.3, 0.4) is 0 Å². The van der Waals surface area contributed by atoms with Crippen molar-refractivity contribution < 1.29 is 38.5 Å². The third-order valence-electron chi connectivity index (χ3n) is 4.22. The van der Waals surface area contributed by atoms with Gasteiger partial charge in [-0.05, 0) is 33.1 Å². The summed E-state index contributed by atoms with van der Waals surface area (Å²) < 4.78 is 10.3. The van der Waals surface area contributed by atoms with Crippen LogP contribution in [-0.2, 0) is 38.5 Å². The molecule has 0 N–H and O–H groups in total. The minimum absolute atomic E-state index is 0. The van der Waals surface area contributed by atoms with Crippen LogP contribution in [-0.4, -0.2) is 25.2 Å². The van der Waals surface area contributed by atoms with Crippen molar-refractivity contribution in [1.29, 1.82) is 0 Å². The molecule has 27 heavy (non-hydrogen) atoms. The number of esters is 2. The summed E-state index contributed by atoms with van der Waals surface area (Å²) in [6.07, 6.45) is 15.9. The predicted octanol–water partition coefficient (Wildman–Crippen LogP) is 5.39. The first-order valence-corrected chi connectivity index (χ1v) is 9.78. The number of hydrogen-bond acceptors (Lipinski definition) is 4. The Bertz CT molecular complexity index is 403. The molecule has 0 radical (unpaired) electrons. The topological polar surface area (TPSA) is 52.6 Å². The summed E-state index contributed by atoms with van der Waals surface area (Å²) in [5.41, 5.74) is -1.31. The van der Waals surface area contributed by atoms with E-state index in [0.717, 1.165) is 19.3 Å². The Hall–Kier alpha value is -0.957. The fraction of sp³-hybridized carbons (Fsp3) is 0.636. The Morgan fingerprint density at radius 2 is 1.52 bits per heavy atom. The normalized spacial score (nSPS) is 10.6. The zero-order valence-electron chi connectivity index (χ0n) is 17.0. The summed E-state index contributed by atoms with van der Waals surface area (Å²) in [6.45, 7) is 11.3. The van der Waals surface area contributed by atoms with Crippen LogP contribution in [0.5, 0.6) is 0 Å². The largest absolute Gasteiger partial charge is 2.00 e. The molecular weight excluding hydrogens is 429 g/mol. The third-order valence-corrected chi connectivity index (χ3v) is 4.22. The Morgan fingerprint density at radius 1 is 0.926 bits per heavy atom. The second-order valence-corrected chi connectivity index (χ2v) is 6.31. The Kier molecular flexibility index (Phi) is 19.3. The summed E-state index contributed by atoms with van der Waals surface area (Å²) in [7, 11) is 0. The minimum atomic E-state index is -1.31. The molecular formula is C22H36O4Ru. The van der Waals surface area contributed by atoms with Crippen molar-refractivity contribution in [3.05, 3.63) is 38.2 Å². The van der Waals surface area contributed by atoms with Gasteiger partial charge in [-0.25, -0.2) is 0 Å². The summed E-state index contributed by atoms with van der Waals surface area (Å²) in [5, 5.41) is 0. The van der Waals surface area contributed by atoms with Gasteiger partial charge in [0.25, 0.3) is 0 Å². The first-order chi connectivity index (χ1) is 12.6. The van der Waals surface area contributed by atoms with Crippen LogP contribution >= 0.6 is 0 Å².